The minimum Gasteiger partial charge on any atom is -0.461 e. The van der Waals surface area contributed by atoms with E-state index in [-0.39, 0.29) is 5.69 Å². The van der Waals surface area contributed by atoms with Gasteiger partial charge < -0.3 is 4.74 Å². The zero-order valence-corrected chi connectivity index (χ0v) is 15.4. The van der Waals surface area contributed by atoms with E-state index in [2.05, 4.69) is 20.1 Å². The summed E-state index contributed by atoms with van der Waals surface area (Å²) in [5, 5.41) is 5.39. The van der Waals surface area contributed by atoms with Gasteiger partial charge in [-0.25, -0.2) is 14.8 Å². The van der Waals surface area contributed by atoms with Crippen LogP contribution in [0.25, 0.3) is 11.0 Å². The summed E-state index contributed by atoms with van der Waals surface area (Å²) in [5.41, 5.74) is 4.42. The number of hydrogen-bond donors (Lipinski definition) is 0. The Hall–Kier alpha value is -2.48. The summed E-state index contributed by atoms with van der Waals surface area (Å²) >= 11 is 1.58. The number of carbonyl (C=O) groups is 1. The number of fused-ring (bicyclic) bond motifs is 1. The van der Waals surface area contributed by atoms with Crippen LogP contribution < -0.4 is 0 Å². The number of nitrogens with zero attached hydrogens (tertiary/aromatic N) is 5. The van der Waals surface area contributed by atoms with E-state index >= 15 is 0 Å². The number of rotatable bonds is 5. The standard InChI is InChI=1S/C17H19N5O2S/c1-5-24-17(23)15-14-13(6-10(2)7-18-14)22(21-15)8-12-11(3)16(25-4)20-9-19-12/h6-7,9H,5,8H2,1-4H3. The lowest BCUT2D eigenvalue weighted by atomic mass is 10.2. The van der Waals surface area contributed by atoms with Gasteiger partial charge in [-0.1, -0.05) is 0 Å². The number of ether oxygens (including phenoxy) is 1. The van der Waals surface area contributed by atoms with Gasteiger partial charge in [-0.15, -0.1) is 11.8 Å². The quantitative estimate of drug-likeness (QED) is 0.394. The highest BCUT2D eigenvalue weighted by molar-refractivity contribution is 7.98. The summed E-state index contributed by atoms with van der Waals surface area (Å²) in [6.45, 7) is 6.44. The molecule has 3 aromatic rings. The van der Waals surface area contributed by atoms with Crippen molar-refractivity contribution >= 4 is 28.8 Å². The smallest absolute Gasteiger partial charge is 0.361 e. The monoisotopic (exact) mass is 357 g/mol. The molecule has 8 heteroatoms. The Kier molecular flexibility index (Phi) is 4.98. The lowest BCUT2D eigenvalue weighted by molar-refractivity contribution is 0.0520. The Balaban J connectivity index is 2.10. The maximum atomic E-state index is 12.2. The third-order valence-electron chi connectivity index (χ3n) is 3.83. The molecule has 0 amide bonds. The zero-order chi connectivity index (χ0) is 18.0. The van der Waals surface area contributed by atoms with E-state index in [1.807, 2.05) is 26.2 Å². The lowest BCUT2D eigenvalue weighted by Gasteiger charge is -2.08. The Morgan fingerprint density at radius 3 is 2.80 bits per heavy atom. The molecule has 3 heterocycles. The number of esters is 1. The van der Waals surface area contributed by atoms with E-state index in [1.165, 1.54) is 0 Å². The molecule has 3 aromatic heterocycles. The first-order valence-corrected chi connectivity index (χ1v) is 9.12. The third-order valence-corrected chi connectivity index (χ3v) is 4.63. The molecule has 130 valence electrons. The van der Waals surface area contributed by atoms with Gasteiger partial charge in [0, 0.05) is 11.8 Å². The van der Waals surface area contributed by atoms with E-state index in [1.54, 1.807) is 35.9 Å². The van der Waals surface area contributed by atoms with Crippen LogP contribution in [0.3, 0.4) is 0 Å². The number of hydrogen-bond acceptors (Lipinski definition) is 7. The van der Waals surface area contributed by atoms with Crippen LogP contribution >= 0.6 is 11.8 Å². The van der Waals surface area contributed by atoms with E-state index in [0.29, 0.717) is 18.7 Å². The fourth-order valence-corrected chi connectivity index (χ4v) is 3.16. The molecule has 0 spiro atoms. The molecule has 0 aliphatic heterocycles. The lowest BCUT2D eigenvalue weighted by Crippen LogP contribution is -2.10. The molecule has 0 N–H and O–H groups in total. The van der Waals surface area contributed by atoms with Crippen molar-refractivity contribution in [1.29, 1.82) is 0 Å². The van der Waals surface area contributed by atoms with Gasteiger partial charge in [-0.2, -0.15) is 5.10 Å². The molecule has 0 aliphatic carbocycles. The highest BCUT2D eigenvalue weighted by atomic mass is 32.2. The maximum absolute atomic E-state index is 12.2. The summed E-state index contributed by atoms with van der Waals surface area (Å²) in [4.78, 5) is 25.2. The second-order valence-corrected chi connectivity index (χ2v) is 6.36. The van der Waals surface area contributed by atoms with Crippen molar-refractivity contribution < 1.29 is 9.53 Å². The van der Waals surface area contributed by atoms with Crippen LogP contribution in [0.5, 0.6) is 0 Å². The summed E-state index contributed by atoms with van der Waals surface area (Å²) in [6.07, 6.45) is 5.25. The van der Waals surface area contributed by atoms with Gasteiger partial charge in [0.15, 0.2) is 5.69 Å². The average Bonchev–Trinajstić information content (AvgIpc) is 2.95. The third kappa shape index (κ3) is 3.34. The fraction of sp³-hybridized carbons (Fsp3) is 0.353. The van der Waals surface area contributed by atoms with Crippen LogP contribution in [0.4, 0.5) is 0 Å². The van der Waals surface area contributed by atoms with Crippen LogP contribution in [0.2, 0.25) is 0 Å². The SMILES string of the molecule is CCOC(=O)c1nn(Cc2ncnc(SC)c2C)c2cc(C)cnc12. The first-order chi connectivity index (χ1) is 12.0. The molecule has 7 nitrogen and oxygen atoms in total. The molecule has 0 aromatic carbocycles. The van der Waals surface area contributed by atoms with Crippen LogP contribution in [0.15, 0.2) is 23.6 Å². The molecule has 25 heavy (non-hydrogen) atoms. The summed E-state index contributed by atoms with van der Waals surface area (Å²) < 4.78 is 6.86. The van der Waals surface area contributed by atoms with Crippen molar-refractivity contribution in [2.75, 3.05) is 12.9 Å². The molecule has 3 rings (SSSR count). The van der Waals surface area contributed by atoms with Gasteiger partial charge in [0.25, 0.3) is 0 Å². The largest absolute Gasteiger partial charge is 0.461 e. The van der Waals surface area contributed by atoms with Gasteiger partial charge in [0.1, 0.15) is 16.9 Å². The summed E-state index contributed by atoms with van der Waals surface area (Å²) in [6, 6.07) is 1.96. The predicted molar refractivity (Wildman–Crippen MR) is 95.9 cm³/mol. The Bertz CT molecular complexity index is 938. The minimum absolute atomic E-state index is 0.230. The molecule has 0 bridgehead atoms. The number of aryl methyl sites for hydroxylation is 1. The number of pyridine rings is 1. The van der Waals surface area contributed by atoms with Crippen LogP contribution in [-0.2, 0) is 11.3 Å². The van der Waals surface area contributed by atoms with Gasteiger partial charge in [-0.3, -0.25) is 9.67 Å². The highest BCUT2D eigenvalue weighted by Crippen LogP contribution is 2.22. The number of aromatic nitrogens is 5. The highest BCUT2D eigenvalue weighted by Gasteiger charge is 2.20. The zero-order valence-electron chi connectivity index (χ0n) is 14.6. The Labute approximate surface area is 149 Å². The molecule has 0 aliphatic rings. The van der Waals surface area contributed by atoms with E-state index < -0.39 is 5.97 Å². The van der Waals surface area contributed by atoms with Crippen LogP contribution in [0, 0.1) is 13.8 Å². The molecule has 0 atom stereocenters. The van der Waals surface area contributed by atoms with E-state index in [0.717, 1.165) is 27.4 Å². The predicted octanol–water partition coefficient (Wildman–Crippen LogP) is 2.79. The van der Waals surface area contributed by atoms with Crippen LogP contribution in [0.1, 0.15) is 34.2 Å². The van der Waals surface area contributed by atoms with Crippen molar-refractivity contribution in [1.82, 2.24) is 24.7 Å². The number of thioether (sulfide) groups is 1. The van der Waals surface area contributed by atoms with Crippen LogP contribution in [-0.4, -0.2) is 43.6 Å². The van der Waals surface area contributed by atoms with E-state index in [4.69, 9.17) is 4.74 Å². The summed E-state index contributed by atoms with van der Waals surface area (Å²) in [5.74, 6) is -0.466. The molecule has 0 fully saturated rings. The first kappa shape index (κ1) is 17.3. The minimum atomic E-state index is -0.466. The molecule has 0 saturated heterocycles. The van der Waals surface area contributed by atoms with E-state index in [9.17, 15) is 4.79 Å². The topological polar surface area (TPSA) is 82.8 Å². The second kappa shape index (κ2) is 7.18. The molecular formula is C17H19N5O2S. The van der Waals surface area contributed by atoms with Crippen molar-refractivity contribution in [2.45, 2.75) is 32.3 Å². The Morgan fingerprint density at radius 2 is 2.08 bits per heavy atom. The fourth-order valence-electron chi connectivity index (χ4n) is 2.59. The van der Waals surface area contributed by atoms with Gasteiger partial charge in [0.05, 0.1) is 24.4 Å². The second-order valence-electron chi connectivity index (χ2n) is 5.56. The average molecular weight is 357 g/mol. The summed E-state index contributed by atoms with van der Waals surface area (Å²) in [7, 11) is 0. The molecule has 0 radical (unpaired) electrons. The Morgan fingerprint density at radius 1 is 1.28 bits per heavy atom. The maximum Gasteiger partial charge on any atom is 0.361 e. The van der Waals surface area contributed by atoms with Gasteiger partial charge >= 0.3 is 5.97 Å². The van der Waals surface area contributed by atoms with Gasteiger partial charge in [-0.05, 0) is 38.7 Å². The van der Waals surface area contributed by atoms with Crippen molar-refractivity contribution in [3.8, 4) is 0 Å². The van der Waals surface area contributed by atoms with Gasteiger partial charge in [0.2, 0.25) is 0 Å². The van der Waals surface area contributed by atoms with Crippen molar-refractivity contribution in [3.63, 3.8) is 0 Å². The molecular weight excluding hydrogens is 338 g/mol. The number of carbonyl (C=O) groups excluding carboxylic acids is 1. The first-order valence-electron chi connectivity index (χ1n) is 7.89. The van der Waals surface area contributed by atoms with Crippen molar-refractivity contribution in [3.05, 3.63) is 41.1 Å². The molecule has 0 unspecified atom stereocenters. The molecule has 0 saturated carbocycles. The van der Waals surface area contributed by atoms with Crippen molar-refractivity contribution in [2.24, 2.45) is 0 Å². The normalized spacial score (nSPS) is 11.0.